The van der Waals surface area contributed by atoms with Crippen LogP contribution in [0.1, 0.15) is 116 Å². The van der Waals surface area contributed by atoms with Gasteiger partial charge in [0.15, 0.2) is 0 Å². The Morgan fingerprint density at radius 3 is 2.22 bits per heavy atom. The van der Waals surface area contributed by atoms with Gasteiger partial charge in [-0.2, -0.15) is 0 Å². The van der Waals surface area contributed by atoms with E-state index in [-0.39, 0.29) is 48.7 Å². The number of carbonyl (C=O) groups excluding carboxylic acids is 5. The predicted molar refractivity (Wildman–Crippen MR) is 176 cm³/mol. The number of unbranched alkanes of at least 4 members (excludes halogenated alkanes) is 4. The number of amides is 4. The van der Waals surface area contributed by atoms with E-state index in [9.17, 15) is 24.0 Å². The van der Waals surface area contributed by atoms with Gasteiger partial charge in [0.2, 0.25) is 30.4 Å². The number of esters is 1. The standard InChI is InChI=1S/C35H56N4O7/c1-4-6-9-17-31(41)38-29(33(42)39-32(25(3)5-2)34(43)37-22-13-8-12-16-30(36)40)23-26-18-20-28(21-19-26)45-24-46-35(44)27-14-10-7-11-15-27/h18-21,25,27,29,32H,4-17,22-24H2,1-3H3,(H2,36,40)(H,37,43)(H,38,41)(H,39,42). The Morgan fingerprint density at radius 1 is 0.870 bits per heavy atom. The summed E-state index contributed by atoms with van der Waals surface area (Å²) in [5.41, 5.74) is 5.98. The smallest absolute Gasteiger partial charge is 0.311 e. The fraction of sp³-hybridized carbons (Fsp3) is 0.686. The van der Waals surface area contributed by atoms with E-state index in [1.807, 2.05) is 13.8 Å². The second-order valence-corrected chi connectivity index (χ2v) is 12.4. The minimum atomic E-state index is -0.884. The van der Waals surface area contributed by atoms with Crippen LogP contribution in [0.2, 0.25) is 0 Å². The maximum absolute atomic E-state index is 13.6. The molecule has 3 unspecified atom stereocenters. The number of hydrogen-bond acceptors (Lipinski definition) is 7. The van der Waals surface area contributed by atoms with E-state index in [0.717, 1.165) is 63.4 Å². The molecule has 258 valence electrons. The van der Waals surface area contributed by atoms with Crippen molar-refractivity contribution in [1.82, 2.24) is 16.0 Å². The first-order valence-electron chi connectivity index (χ1n) is 17.2. The summed E-state index contributed by atoms with van der Waals surface area (Å²) in [5.74, 6) is -1.15. The highest BCUT2D eigenvalue weighted by Gasteiger charge is 2.30. The van der Waals surface area contributed by atoms with Crippen molar-refractivity contribution in [1.29, 1.82) is 0 Å². The topological polar surface area (TPSA) is 166 Å². The highest BCUT2D eigenvalue weighted by atomic mass is 16.7. The number of ether oxygens (including phenoxy) is 2. The van der Waals surface area contributed by atoms with Crippen LogP contribution in [0.25, 0.3) is 0 Å². The molecule has 11 heteroatoms. The number of hydrogen-bond donors (Lipinski definition) is 4. The van der Waals surface area contributed by atoms with Crippen LogP contribution in [-0.2, 0) is 35.1 Å². The number of nitrogens with one attached hydrogen (secondary N) is 3. The van der Waals surface area contributed by atoms with E-state index in [4.69, 9.17) is 15.2 Å². The third-order valence-corrected chi connectivity index (χ3v) is 8.58. The Bertz CT molecular complexity index is 1090. The Morgan fingerprint density at radius 2 is 1.57 bits per heavy atom. The molecule has 1 aromatic carbocycles. The molecule has 2 rings (SSSR count). The van der Waals surface area contributed by atoms with Crippen molar-refractivity contribution in [2.45, 2.75) is 129 Å². The minimum absolute atomic E-state index is 0.0505. The number of benzene rings is 1. The van der Waals surface area contributed by atoms with Crippen molar-refractivity contribution in [3.05, 3.63) is 29.8 Å². The number of nitrogens with two attached hydrogens (primary N) is 1. The average molecular weight is 645 g/mol. The Hall–Kier alpha value is -3.63. The molecule has 3 atom stereocenters. The van der Waals surface area contributed by atoms with Crippen LogP contribution in [-0.4, -0.2) is 55.0 Å². The molecule has 1 fully saturated rings. The van der Waals surface area contributed by atoms with Crippen molar-refractivity contribution in [3.63, 3.8) is 0 Å². The fourth-order valence-corrected chi connectivity index (χ4v) is 5.46. The zero-order chi connectivity index (χ0) is 33.7. The molecule has 0 spiro atoms. The van der Waals surface area contributed by atoms with Crippen LogP contribution in [0, 0.1) is 11.8 Å². The molecule has 0 bridgehead atoms. The largest absolute Gasteiger partial charge is 0.457 e. The zero-order valence-corrected chi connectivity index (χ0v) is 28.1. The minimum Gasteiger partial charge on any atom is -0.457 e. The summed E-state index contributed by atoms with van der Waals surface area (Å²) >= 11 is 0. The van der Waals surface area contributed by atoms with Crippen molar-refractivity contribution in [3.8, 4) is 5.75 Å². The molecule has 4 amide bonds. The van der Waals surface area contributed by atoms with Crippen LogP contribution in [0.3, 0.4) is 0 Å². The van der Waals surface area contributed by atoms with Crippen LogP contribution < -0.4 is 26.4 Å². The molecular formula is C35H56N4O7. The lowest BCUT2D eigenvalue weighted by Gasteiger charge is -2.27. The average Bonchev–Trinajstić information content (AvgIpc) is 3.05. The molecule has 0 saturated heterocycles. The first-order valence-corrected chi connectivity index (χ1v) is 17.2. The molecule has 0 radical (unpaired) electrons. The first kappa shape index (κ1) is 38.6. The maximum atomic E-state index is 13.6. The summed E-state index contributed by atoms with van der Waals surface area (Å²) in [6.45, 7) is 6.17. The maximum Gasteiger partial charge on any atom is 0.311 e. The highest BCUT2D eigenvalue weighted by Crippen LogP contribution is 2.24. The van der Waals surface area contributed by atoms with Gasteiger partial charge in [0, 0.05) is 25.8 Å². The third-order valence-electron chi connectivity index (χ3n) is 8.58. The Balaban J connectivity index is 2.01. The molecule has 46 heavy (non-hydrogen) atoms. The second-order valence-electron chi connectivity index (χ2n) is 12.4. The van der Waals surface area contributed by atoms with Crippen LogP contribution in [0.4, 0.5) is 0 Å². The van der Waals surface area contributed by atoms with Gasteiger partial charge in [-0.05, 0) is 55.7 Å². The predicted octanol–water partition coefficient (Wildman–Crippen LogP) is 4.45. The molecule has 0 heterocycles. The monoisotopic (exact) mass is 644 g/mol. The van der Waals surface area contributed by atoms with Crippen LogP contribution >= 0.6 is 0 Å². The van der Waals surface area contributed by atoms with Gasteiger partial charge >= 0.3 is 5.97 Å². The molecule has 1 aromatic rings. The Labute approximate surface area is 274 Å². The Kier molecular flexibility index (Phi) is 18.4. The van der Waals surface area contributed by atoms with Crippen molar-refractivity contribution < 1.29 is 33.4 Å². The van der Waals surface area contributed by atoms with Crippen LogP contribution in [0.15, 0.2) is 24.3 Å². The summed E-state index contributed by atoms with van der Waals surface area (Å²) < 4.78 is 10.9. The molecule has 1 aliphatic carbocycles. The lowest BCUT2D eigenvalue weighted by Crippen LogP contribution is -2.56. The van der Waals surface area contributed by atoms with Gasteiger partial charge in [-0.1, -0.05) is 77.8 Å². The van der Waals surface area contributed by atoms with Gasteiger partial charge in [0.25, 0.3) is 0 Å². The SMILES string of the molecule is CCCCCC(=O)NC(Cc1ccc(OCOC(=O)C2CCCCC2)cc1)C(=O)NC(C(=O)NCCCCCC(N)=O)C(C)CC. The normalized spacial score (nSPS) is 15.2. The highest BCUT2D eigenvalue weighted by molar-refractivity contribution is 5.92. The summed E-state index contributed by atoms with van der Waals surface area (Å²) in [5, 5.41) is 8.69. The zero-order valence-electron chi connectivity index (χ0n) is 28.1. The van der Waals surface area contributed by atoms with E-state index in [0.29, 0.717) is 44.4 Å². The number of primary amides is 1. The molecule has 5 N–H and O–H groups in total. The number of rotatable bonds is 22. The van der Waals surface area contributed by atoms with Crippen molar-refractivity contribution >= 4 is 29.6 Å². The van der Waals surface area contributed by atoms with E-state index in [1.54, 1.807) is 24.3 Å². The molecule has 0 aliphatic heterocycles. The summed E-state index contributed by atoms with van der Waals surface area (Å²) in [7, 11) is 0. The van der Waals surface area contributed by atoms with E-state index >= 15 is 0 Å². The molecule has 1 aliphatic rings. The summed E-state index contributed by atoms with van der Waals surface area (Å²) in [6, 6.07) is 5.43. The van der Waals surface area contributed by atoms with Gasteiger partial charge < -0.3 is 31.2 Å². The lowest BCUT2D eigenvalue weighted by molar-refractivity contribution is -0.156. The van der Waals surface area contributed by atoms with E-state index in [1.165, 1.54) is 0 Å². The third kappa shape index (κ3) is 15.1. The first-order chi connectivity index (χ1) is 22.1. The number of carbonyl (C=O) groups is 5. The second kappa shape index (κ2) is 22.0. The molecular weight excluding hydrogens is 588 g/mol. The van der Waals surface area contributed by atoms with Gasteiger partial charge in [-0.15, -0.1) is 0 Å². The van der Waals surface area contributed by atoms with Crippen LogP contribution in [0.5, 0.6) is 5.75 Å². The van der Waals surface area contributed by atoms with Gasteiger partial charge in [0.1, 0.15) is 17.8 Å². The molecule has 11 nitrogen and oxygen atoms in total. The quantitative estimate of drug-likeness (QED) is 0.0822. The molecule has 0 aromatic heterocycles. The van der Waals surface area contributed by atoms with Gasteiger partial charge in [-0.25, -0.2) is 0 Å². The fourth-order valence-electron chi connectivity index (χ4n) is 5.46. The van der Waals surface area contributed by atoms with Gasteiger partial charge in [-0.3, -0.25) is 24.0 Å². The van der Waals surface area contributed by atoms with E-state index < -0.39 is 18.0 Å². The molecule has 1 saturated carbocycles. The summed E-state index contributed by atoms with van der Waals surface area (Å²) in [4.78, 5) is 62.7. The van der Waals surface area contributed by atoms with Crippen molar-refractivity contribution in [2.24, 2.45) is 17.6 Å². The van der Waals surface area contributed by atoms with Crippen molar-refractivity contribution in [2.75, 3.05) is 13.3 Å². The lowest BCUT2D eigenvalue weighted by atomic mass is 9.89. The van der Waals surface area contributed by atoms with E-state index in [2.05, 4.69) is 22.9 Å². The summed E-state index contributed by atoms with van der Waals surface area (Å²) in [6.07, 6.45) is 11.2. The van der Waals surface area contributed by atoms with Gasteiger partial charge in [0.05, 0.1) is 5.92 Å².